The molecule has 0 aromatic rings. The summed E-state index contributed by atoms with van der Waals surface area (Å²) in [5.41, 5.74) is 0. The van der Waals surface area contributed by atoms with E-state index in [1.807, 2.05) is 12.2 Å². The molecule has 0 amide bonds. The minimum atomic E-state index is -1.43. The van der Waals surface area contributed by atoms with E-state index in [2.05, 4.69) is 0 Å². The third-order valence-electron chi connectivity index (χ3n) is 1.59. The fourth-order valence-electron chi connectivity index (χ4n) is 0.944. The van der Waals surface area contributed by atoms with Crippen molar-refractivity contribution in [1.82, 2.24) is 0 Å². The molecule has 0 heterocycles. The van der Waals surface area contributed by atoms with Gasteiger partial charge in [0.15, 0.2) is 0 Å². The van der Waals surface area contributed by atoms with Gasteiger partial charge in [0.2, 0.25) is 4.33 Å². The van der Waals surface area contributed by atoms with Gasteiger partial charge in [-0.2, -0.15) is 0 Å². The van der Waals surface area contributed by atoms with Crippen LogP contribution in [0.2, 0.25) is 0 Å². The zero-order valence-electron chi connectivity index (χ0n) is 6.72. The molecule has 0 aromatic carbocycles. The summed E-state index contributed by atoms with van der Waals surface area (Å²) >= 11 is 11.1. The Morgan fingerprint density at radius 1 is 1.67 bits per heavy atom. The lowest BCUT2D eigenvalue weighted by Crippen LogP contribution is -2.27. The lowest BCUT2D eigenvalue weighted by Gasteiger charge is -2.15. The molecule has 68 valence electrons. The Morgan fingerprint density at radius 2 is 2.33 bits per heavy atom. The number of hydrogen-bond donors (Lipinski definition) is 0. The number of allylic oxidation sites excluding steroid dienone is 1. The van der Waals surface area contributed by atoms with Crippen molar-refractivity contribution in [3.05, 3.63) is 12.2 Å². The fraction of sp³-hybridized carbons (Fsp3) is 0.625. The summed E-state index contributed by atoms with van der Waals surface area (Å²) in [4.78, 5) is 11.1. The van der Waals surface area contributed by atoms with Crippen LogP contribution in [0.5, 0.6) is 0 Å². The number of esters is 1. The van der Waals surface area contributed by atoms with Gasteiger partial charge in [0.25, 0.3) is 0 Å². The molecular formula is C8H10Cl2O2. The molecule has 0 spiro atoms. The highest BCUT2D eigenvalue weighted by molar-refractivity contribution is 6.57. The Bertz CT molecular complexity index is 206. The predicted octanol–water partition coefficient (Wildman–Crippen LogP) is 2.44. The maximum absolute atomic E-state index is 11.1. The summed E-state index contributed by atoms with van der Waals surface area (Å²) < 4.78 is 3.55. The number of ether oxygens (including phenoxy) is 1. The van der Waals surface area contributed by atoms with Crippen molar-refractivity contribution in [2.45, 2.75) is 30.2 Å². The van der Waals surface area contributed by atoms with Gasteiger partial charge < -0.3 is 4.74 Å². The van der Waals surface area contributed by atoms with Gasteiger partial charge in [0, 0.05) is 0 Å². The van der Waals surface area contributed by atoms with E-state index in [0.29, 0.717) is 0 Å². The van der Waals surface area contributed by atoms with E-state index in [-0.39, 0.29) is 6.10 Å². The van der Waals surface area contributed by atoms with E-state index in [1.165, 1.54) is 6.92 Å². The van der Waals surface area contributed by atoms with Gasteiger partial charge in [-0.15, -0.1) is 0 Å². The van der Waals surface area contributed by atoms with Crippen molar-refractivity contribution >= 4 is 29.2 Å². The van der Waals surface area contributed by atoms with E-state index in [4.69, 9.17) is 27.9 Å². The minimum absolute atomic E-state index is 0.144. The molecule has 1 aliphatic rings. The zero-order valence-corrected chi connectivity index (χ0v) is 8.23. The molecule has 1 unspecified atom stereocenters. The second-order valence-electron chi connectivity index (χ2n) is 2.84. The van der Waals surface area contributed by atoms with Crippen LogP contribution in [0.4, 0.5) is 0 Å². The van der Waals surface area contributed by atoms with Gasteiger partial charge in [0.05, 0.1) is 0 Å². The lowest BCUT2D eigenvalue weighted by atomic mass is 10.3. The van der Waals surface area contributed by atoms with Crippen LogP contribution < -0.4 is 0 Å². The van der Waals surface area contributed by atoms with E-state index in [0.717, 1.165) is 12.8 Å². The van der Waals surface area contributed by atoms with Crippen LogP contribution in [0.3, 0.4) is 0 Å². The lowest BCUT2D eigenvalue weighted by molar-refractivity contribution is -0.147. The summed E-state index contributed by atoms with van der Waals surface area (Å²) in [6.45, 7) is 1.40. The van der Waals surface area contributed by atoms with Crippen LogP contribution in [0.1, 0.15) is 19.8 Å². The first-order chi connectivity index (χ1) is 5.50. The smallest absolute Gasteiger partial charge is 0.342 e. The first-order valence-corrected chi connectivity index (χ1v) is 4.51. The Balaban J connectivity index is 2.41. The van der Waals surface area contributed by atoms with Crippen molar-refractivity contribution < 1.29 is 9.53 Å². The zero-order chi connectivity index (χ0) is 9.19. The Kier molecular flexibility index (Phi) is 3.02. The Morgan fingerprint density at radius 3 is 2.75 bits per heavy atom. The second kappa shape index (κ2) is 3.67. The molecular weight excluding hydrogens is 199 g/mol. The monoisotopic (exact) mass is 208 g/mol. The van der Waals surface area contributed by atoms with Crippen molar-refractivity contribution in [3.8, 4) is 0 Å². The van der Waals surface area contributed by atoms with Crippen molar-refractivity contribution in [2.24, 2.45) is 0 Å². The van der Waals surface area contributed by atoms with Gasteiger partial charge in [-0.1, -0.05) is 29.3 Å². The number of halogens is 2. The molecule has 0 saturated heterocycles. The molecule has 1 atom stereocenters. The molecule has 0 saturated carbocycles. The highest BCUT2D eigenvalue weighted by Gasteiger charge is 2.31. The number of rotatable bonds is 2. The van der Waals surface area contributed by atoms with Crippen molar-refractivity contribution in [3.63, 3.8) is 0 Å². The van der Waals surface area contributed by atoms with Gasteiger partial charge in [-0.3, -0.25) is 0 Å². The molecule has 4 heteroatoms. The van der Waals surface area contributed by atoms with Crippen LogP contribution >= 0.6 is 23.2 Å². The molecule has 0 aliphatic heterocycles. The van der Waals surface area contributed by atoms with E-state index in [1.54, 1.807) is 0 Å². The van der Waals surface area contributed by atoms with Gasteiger partial charge in [-0.05, 0) is 25.8 Å². The molecule has 0 aromatic heterocycles. The highest BCUT2D eigenvalue weighted by atomic mass is 35.5. The predicted molar refractivity (Wildman–Crippen MR) is 48.4 cm³/mol. The molecule has 0 radical (unpaired) electrons. The van der Waals surface area contributed by atoms with E-state index < -0.39 is 10.3 Å². The minimum Gasteiger partial charge on any atom is -0.456 e. The van der Waals surface area contributed by atoms with Crippen LogP contribution in [-0.4, -0.2) is 16.4 Å². The van der Waals surface area contributed by atoms with Crippen LogP contribution in [0.15, 0.2) is 12.2 Å². The molecule has 1 rings (SSSR count). The SMILES string of the molecule is CC(Cl)(Cl)C(=O)OC1C=CCC1. The summed E-state index contributed by atoms with van der Waals surface area (Å²) in [5, 5.41) is 0. The quantitative estimate of drug-likeness (QED) is 0.396. The summed E-state index contributed by atoms with van der Waals surface area (Å²) in [7, 11) is 0. The largest absolute Gasteiger partial charge is 0.456 e. The Hall–Kier alpha value is -0.210. The highest BCUT2D eigenvalue weighted by Crippen LogP contribution is 2.24. The van der Waals surface area contributed by atoms with Crippen LogP contribution in [0, 0.1) is 0 Å². The molecule has 12 heavy (non-hydrogen) atoms. The maximum Gasteiger partial charge on any atom is 0.342 e. The van der Waals surface area contributed by atoms with Crippen molar-refractivity contribution in [2.75, 3.05) is 0 Å². The summed E-state index contributed by atoms with van der Waals surface area (Å²) in [6, 6.07) is 0. The average Bonchev–Trinajstić information content (AvgIpc) is 2.37. The number of carbonyl (C=O) groups is 1. The van der Waals surface area contributed by atoms with E-state index >= 15 is 0 Å². The first kappa shape index (κ1) is 9.87. The number of carbonyl (C=O) groups excluding carboxylic acids is 1. The van der Waals surface area contributed by atoms with E-state index in [9.17, 15) is 4.79 Å². The summed E-state index contributed by atoms with van der Waals surface area (Å²) in [6.07, 6.45) is 5.44. The number of alkyl halides is 2. The molecule has 1 aliphatic carbocycles. The fourth-order valence-corrected chi connectivity index (χ4v) is 1.03. The third-order valence-corrected chi connectivity index (χ3v) is 1.89. The molecule has 0 bridgehead atoms. The number of hydrogen-bond acceptors (Lipinski definition) is 2. The molecule has 0 fully saturated rings. The van der Waals surface area contributed by atoms with Crippen LogP contribution in [0.25, 0.3) is 0 Å². The second-order valence-corrected chi connectivity index (χ2v) is 4.54. The molecule has 0 N–H and O–H groups in total. The van der Waals surface area contributed by atoms with Crippen LogP contribution in [-0.2, 0) is 9.53 Å². The van der Waals surface area contributed by atoms with Gasteiger partial charge >= 0.3 is 5.97 Å². The topological polar surface area (TPSA) is 26.3 Å². The Labute approximate surface area is 81.5 Å². The molecule has 2 nitrogen and oxygen atoms in total. The summed E-state index contributed by atoms with van der Waals surface area (Å²) in [5.74, 6) is -0.581. The standard InChI is InChI=1S/C8H10Cl2O2/c1-8(9,10)7(11)12-6-4-2-3-5-6/h2,4,6H,3,5H2,1H3. The van der Waals surface area contributed by atoms with Gasteiger partial charge in [0.1, 0.15) is 6.10 Å². The average molecular weight is 209 g/mol. The van der Waals surface area contributed by atoms with Gasteiger partial charge in [-0.25, -0.2) is 4.79 Å². The third kappa shape index (κ3) is 2.68. The normalized spacial score (nSPS) is 22.8. The first-order valence-electron chi connectivity index (χ1n) is 3.76. The maximum atomic E-state index is 11.1. The van der Waals surface area contributed by atoms with Crippen molar-refractivity contribution in [1.29, 1.82) is 0 Å².